The van der Waals surface area contributed by atoms with E-state index in [1.54, 1.807) is 10.8 Å². The van der Waals surface area contributed by atoms with Gasteiger partial charge in [0, 0.05) is 29.8 Å². The Balaban J connectivity index is 1.63. The average Bonchev–Trinajstić information content (AvgIpc) is 3.34. The first-order valence-corrected chi connectivity index (χ1v) is 9.37. The van der Waals surface area contributed by atoms with Crippen molar-refractivity contribution in [1.82, 2.24) is 9.78 Å². The molecule has 3 aromatic rings. The fraction of sp³-hybridized carbons (Fsp3) is 0.174. The number of carbonyl (C=O) groups is 2. The summed E-state index contributed by atoms with van der Waals surface area (Å²) < 4.78 is 11.8. The number of aryl methyl sites for hydroxylation is 1. The van der Waals surface area contributed by atoms with E-state index in [2.05, 4.69) is 0 Å². The third-order valence-corrected chi connectivity index (χ3v) is 4.63. The maximum Gasteiger partial charge on any atom is 0.347 e. The van der Waals surface area contributed by atoms with Crippen LogP contribution in [-0.4, -0.2) is 34.4 Å². The molecule has 0 aliphatic carbocycles. The highest BCUT2D eigenvalue weighted by Gasteiger charge is 2.29. The summed E-state index contributed by atoms with van der Waals surface area (Å²) in [5.74, 6) is -1.08. The van der Waals surface area contributed by atoms with Crippen LogP contribution >= 0.6 is 0 Å². The number of cyclic esters (lactones) is 1. The molecule has 29 heavy (non-hydrogen) atoms. The van der Waals surface area contributed by atoms with Crippen LogP contribution in [0, 0.1) is 6.92 Å². The van der Waals surface area contributed by atoms with Crippen LogP contribution in [0.25, 0.3) is 23.0 Å². The zero-order valence-electron chi connectivity index (χ0n) is 15.9. The smallest absolute Gasteiger partial charge is 0.347 e. The lowest BCUT2D eigenvalue weighted by atomic mass is 10.1. The topological polar surface area (TPSA) is 70.4 Å². The Morgan fingerprint density at radius 3 is 2.62 bits per heavy atom. The number of para-hydroxylation sites is 1. The van der Waals surface area contributed by atoms with E-state index in [0.717, 1.165) is 28.1 Å². The van der Waals surface area contributed by atoms with E-state index >= 15 is 0 Å². The molecule has 0 N–H and O–H groups in total. The van der Waals surface area contributed by atoms with Gasteiger partial charge in [0.2, 0.25) is 6.10 Å². The van der Waals surface area contributed by atoms with Gasteiger partial charge in [-0.2, -0.15) is 5.10 Å². The summed E-state index contributed by atoms with van der Waals surface area (Å²) in [7, 11) is 0. The number of benzene rings is 2. The minimum atomic E-state index is -0.823. The zero-order valence-corrected chi connectivity index (χ0v) is 15.9. The van der Waals surface area contributed by atoms with E-state index in [4.69, 9.17) is 14.6 Å². The number of hydrogen-bond donors (Lipinski definition) is 0. The number of carbonyl (C=O) groups excluding carboxylic acids is 2. The molecule has 1 aromatic heterocycles. The summed E-state index contributed by atoms with van der Waals surface area (Å²) in [4.78, 5) is 23.6. The van der Waals surface area contributed by atoms with Gasteiger partial charge in [0.15, 0.2) is 0 Å². The summed E-state index contributed by atoms with van der Waals surface area (Å²) in [5, 5.41) is 4.71. The first-order valence-electron chi connectivity index (χ1n) is 9.37. The Morgan fingerprint density at radius 1 is 1.17 bits per heavy atom. The lowest BCUT2D eigenvalue weighted by Crippen LogP contribution is -2.21. The molecule has 0 unspecified atom stereocenters. The number of esters is 2. The van der Waals surface area contributed by atoms with Crippen LogP contribution in [0.1, 0.15) is 17.5 Å². The molecule has 0 amide bonds. The molecule has 1 aliphatic heterocycles. The van der Waals surface area contributed by atoms with Gasteiger partial charge in [0.1, 0.15) is 0 Å². The first kappa shape index (κ1) is 18.7. The van der Waals surface area contributed by atoms with Crippen molar-refractivity contribution in [2.45, 2.75) is 19.4 Å². The monoisotopic (exact) mass is 388 g/mol. The predicted octanol–water partition coefficient (Wildman–Crippen LogP) is 3.72. The van der Waals surface area contributed by atoms with Gasteiger partial charge in [-0.3, -0.25) is 0 Å². The highest BCUT2D eigenvalue weighted by Crippen LogP contribution is 2.25. The minimum Gasteiger partial charge on any atom is -0.463 e. The van der Waals surface area contributed by atoms with Crippen molar-refractivity contribution in [1.29, 1.82) is 0 Å². The van der Waals surface area contributed by atoms with Gasteiger partial charge in [0.05, 0.1) is 18.0 Å². The van der Waals surface area contributed by atoms with Crippen molar-refractivity contribution >= 4 is 18.0 Å². The number of hydrogen-bond acceptors (Lipinski definition) is 5. The molecule has 6 nitrogen and oxygen atoms in total. The average molecular weight is 388 g/mol. The normalized spacial score (nSPS) is 16.2. The third kappa shape index (κ3) is 4.27. The highest BCUT2D eigenvalue weighted by molar-refractivity contribution is 5.91. The van der Waals surface area contributed by atoms with Crippen molar-refractivity contribution in [3.63, 3.8) is 0 Å². The van der Waals surface area contributed by atoms with Crippen molar-refractivity contribution in [3.05, 3.63) is 78.0 Å². The zero-order chi connectivity index (χ0) is 20.2. The van der Waals surface area contributed by atoms with Gasteiger partial charge >= 0.3 is 11.9 Å². The summed E-state index contributed by atoms with van der Waals surface area (Å²) in [6.45, 7) is 2.30. The van der Waals surface area contributed by atoms with Crippen LogP contribution in [0.2, 0.25) is 0 Å². The fourth-order valence-corrected chi connectivity index (χ4v) is 3.08. The maximum absolute atomic E-state index is 12.1. The maximum atomic E-state index is 12.1. The first-order chi connectivity index (χ1) is 14.1. The standard InChI is InChI=1S/C23H20N2O4/c1-16-7-9-17(10-8-16)22-18(15-25(24-22)19-5-3-2-4-6-19)11-12-21(26)29-20-13-14-28-23(20)27/h2-12,15,20H,13-14H2,1H3/b12-11+/t20-/m0/s1. The fourth-order valence-electron chi connectivity index (χ4n) is 3.08. The Labute approximate surface area is 168 Å². The van der Waals surface area contributed by atoms with Gasteiger partial charge < -0.3 is 9.47 Å². The van der Waals surface area contributed by atoms with Gasteiger partial charge in [-0.1, -0.05) is 48.0 Å². The van der Waals surface area contributed by atoms with Crippen molar-refractivity contribution in [2.75, 3.05) is 6.61 Å². The van der Waals surface area contributed by atoms with Crippen molar-refractivity contribution < 1.29 is 19.1 Å². The summed E-state index contributed by atoms with van der Waals surface area (Å²) in [5.41, 5.74) is 4.52. The van der Waals surface area contributed by atoms with E-state index < -0.39 is 18.0 Å². The molecule has 1 aliphatic rings. The summed E-state index contributed by atoms with van der Waals surface area (Å²) in [6.07, 6.45) is 4.40. The molecule has 1 fully saturated rings. The van der Waals surface area contributed by atoms with E-state index in [9.17, 15) is 9.59 Å². The summed E-state index contributed by atoms with van der Waals surface area (Å²) in [6, 6.07) is 17.8. The second kappa shape index (κ2) is 8.14. The molecule has 2 heterocycles. The van der Waals surface area contributed by atoms with E-state index in [-0.39, 0.29) is 6.61 Å². The Bertz CT molecular complexity index is 1050. The van der Waals surface area contributed by atoms with Gasteiger partial charge in [-0.05, 0) is 25.1 Å². The predicted molar refractivity (Wildman–Crippen MR) is 108 cm³/mol. The lowest BCUT2D eigenvalue weighted by molar-refractivity contribution is -0.156. The lowest BCUT2D eigenvalue weighted by Gasteiger charge is -2.05. The molecule has 1 atom stereocenters. The Kier molecular flexibility index (Phi) is 5.24. The molecule has 0 saturated carbocycles. The van der Waals surface area contributed by atoms with Crippen LogP contribution < -0.4 is 0 Å². The van der Waals surface area contributed by atoms with Gasteiger partial charge in [-0.15, -0.1) is 0 Å². The molecule has 0 radical (unpaired) electrons. The van der Waals surface area contributed by atoms with Gasteiger partial charge in [0.25, 0.3) is 0 Å². The number of aromatic nitrogens is 2. The molecular formula is C23H20N2O4. The van der Waals surface area contributed by atoms with Crippen LogP contribution in [0.4, 0.5) is 0 Å². The molecule has 0 spiro atoms. The van der Waals surface area contributed by atoms with Crippen LogP contribution in [0.15, 0.2) is 66.9 Å². The Morgan fingerprint density at radius 2 is 1.93 bits per heavy atom. The van der Waals surface area contributed by atoms with Crippen LogP contribution in [0.5, 0.6) is 0 Å². The molecule has 6 heteroatoms. The third-order valence-electron chi connectivity index (χ3n) is 4.63. The molecule has 1 saturated heterocycles. The molecule has 4 rings (SSSR count). The molecule has 2 aromatic carbocycles. The van der Waals surface area contributed by atoms with Crippen molar-refractivity contribution in [3.8, 4) is 16.9 Å². The minimum absolute atomic E-state index is 0.280. The SMILES string of the molecule is Cc1ccc(-c2nn(-c3ccccc3)cc2/C=C/C(=O)O[C@H]2CCOC2=O)cc1. The van der Waals surface area contributed by atoms with Crippen LogP contribution in [0.3, 0.4) is 0 Å². The van der Waals surface area contributed by atoms with Gasteiger partial charge in [-0.25, -0.2) is 14.3 Å². The van der Waals surface area contributed by atoms with Crippen molar-refractivity contribution in [2.24, 2.45) is 0 Å². The van der Waals surface area contributed by atoms with E-state index in [1.165, 1.54) is 6.08 Å². The summed E-state index contributed by atoms with van der Waals surface area (Å²) >= 11 is 0. The second-order valence-corrected chi connectivity index (χ2v) is 6.79. The number of rotatable bonds is 5. The largest absolute Gasteiger partial charge is 0.463 e. The molecular weight excluding hydrogens is 368 g/mol. The Hall–Kier alpha value is -3.67. The second-order valence-electron chi connectivity index (χ2n) is 6.79. The quantitative estimate of drug-likeness (QED) is 0.492. The molecule has 0 bridgehead atoms. The number of ether oxygens (including phenoxy) is 2. The van der Waals surface area contributed by atoms with E-state index in [0.29, 0.717) is 6.42 Å². The number of nitrogens with zero attached hydrogens (tertiary/aromatic N) is 2. The van der Waals surface area contributed by atoms with Crippen LogP contribution in [-0.2, 0) is 19.1 Å². The van der Waals surface area contributed by atoms with E-state index in [1.807, 2.05) is 67.7 Å². The molecule has 146 valence electrons. The highest BCUT2D eigenvalue weighted by atomic mass is 16.6.